The van der Waals surface area contributed by atoms with Crippen LogP contribution in [0.2, 0.25) is 0 Å². The van der Waals surface area contributed by atoms with Gasteiger partial charge < -0.3 is 20.5 Å². The maximum atomic E-state index is 11.6. The Morgan fingerprint density at radius 2 is 1.82 bits per heavy atom. The SMILES string of the molecule is CCCCOCC(O)CNc1ccc(N=Nc2ccc([N+](=O)[O-])cc2[N+](=O)[O-])c(NC(C)=O)c1. The van der Waals surface area contributed by atoms with Gasteiger partial charge in [-0.05, 0) is 30.7 Å². The molecular weight excluding hydrogens is 448 g/mol. The summed E-state index contributed by atoms with van der Waals surface area (Å²) < 4.78 is 5.38. The smallest absolute Gasteiger partial charge is 0.303 e. The van der Waals surface area contributed by atoms with Crippen molar-refractivity contribution in [2.24, 2.45) is 10.2 Å². The summed E-state index contributed by atoms with van der Waals surface area (Å²) >= 11 is 0. The number of amides is 1. The van der Waals surface area contributed by atoms with E-state index in [0.29, 0.717) is 12.3 Å². The van der Waals surface area contributed by atoms with Gasteiger partial charge in [0.25, 0.3) is 5.69 Å². The second-order valence-electron chi connectivity index (χ2n) is 7.26. The van der Waals surface area contributed by atoms with Crippen molar-refractivity contribution >= 4 is 40.0 Å². The van der Waals surface area contributed by atoms with Crippen molar-refractivity contribution in [1.82, 2.24) is 0 Å². The molecule has 0 heterocycles. The summed E-state index contributed by atoms with van der Waals surface area (Å²) in [5, 5.41) is 45.7. The van der Waals surface area contributed by atoms with Crippen LogP contribution in [-0.2, 0) is 9.53 Å². The van der Waals surface area contributed by atoms with Crippen molar-refractivity contribution in [3.05, 3.63) is 56.6 Å². The molecule has 0 spiro atoms. The Morgan fingerprint density at radius 1 is 1.12 bits per heavy atom. The van der Waals surface area contributed by atoms with Gasteiger partial charge in [-0.15, -0.1) is 10.2 Å². The fraction of sp³-hybridized carbons (Fsp3) is 0.381. The molecular formula is C21H26N6O7. The Labute approximate surface area is 195 Å². The van der Waals surface area contributed by atoms with Gasteiger partial charge in [0, 0.05) is 31.8 Å². The van der Waals surface area contributed by atoms with Gasteiger partial charge in [0.05, 0.1) is 34.3 Å². The monoisotopic (exact) mass is 474 g/mol. The van der Waals surface area contributed by atoms with Crippen LogP contribution in [0.25, 0.3) is 0 Å². The molecule has 0 aliphatic carbocycles. The van der Waals surface area contributed by atoms with Crippen molar-refractivity contribution < 1.29 is 24.5 Å². The number of hydrogen-bond acceptors (Lipinski definition) is 10. The Hall–Kier alpha value is -3.97. The lowest BCUT2D eigenvalue weighted by atomic mass is 10.2. The van der Waals surface area contributed by atoms with Crippen molar-refractivity contribution in [1.29, 1.82) is 0 Å². The molecule has 34 heavy (non-hydrogen) atoms. The van der Waals surface area contributed by atoms with E-state index in [9.17, 15) is 30.1 Å². The highest BCUT2D eigenvalue weighted by Crippen LogP contribution is 2.35. The standard InChI is InChI=1S/C21H26N6O7/c1-3-4-9-34-13-17(29)12-22-15-5-7-18(20(10-15)23-14(2)28)24-25-19-8-6-16(26(30)31)11-21(19)27(32)33/h5-8,10-11,17,22,29H,3-4,9,12-13H2,1-2H3,(H,23,28). The van der Waals surface area contributed by atoms with Gasteiger partial charge in [0.15, 0.2) is 5.69 Å². The minimum Gasteiger partial charge on any atom is -0.389 e. The quantitative estimate of drug-likeness (QED) is 0.164. The fourth-order valence-corrected chi connectivity index (χ4v) is 2.75. The third kappa shape index (κ3) is 8.18. The van der Waals surface area contributed by atoms with Gasteiger partial charge in [-0.2, -0.15) is 0 Å². The third-order valence-corrected chi connectivity index (χ3v) is 4.43. The molecule has 1 unspecified atom stereocenters. The molecule has 0 saturated carbocycles. The van der Waals surface area contributed by atoms with Crippen LogP contribution in [0.15, 0.2) is 46.6 Å². The van der Waals surface area contributed by atoms with Crippen LogP contribution >= 0.6 is 0 Å². The predicted octanol–water partition coefficient (Wildman–Crippen LogP) is 4.47. The highest BCUT2D eigenvalue weighted by molar-refractivity contribution is 5.92. The Kier molecular flexibility index (Phi) is 9.98. The number of carbonyl (C=O) groups is 1. The van der Waals surface area contributed by atoms with Crippen LogP contribution in [0.1, 0.15) is 26.7 Å². The number of ether oxygens (including phenoxy) is 1. The Bertz CT molecular complexity index is 1060. The van der Waals surface area contributed by atoms with Gasteiger partial charge in [0.2, 0.25) is 5.91 Å². The summed E-state index contributed by atoms with van der Waals surface area (Å²) in [5.74, 6) is -0.376. The number of anilines is 2. The number of unbranched alkanes of at least 4 members (excludes halogenated alkanes) is 1. The number of nitro groups is 2. The molecule has 2 rings (SSSR count). The van der Waals surface area contributed by atoms with Crippen LogP contribution in [0, 0.1) is 20.2 Å². The number of hydrogen-bond donors (Lipinski definition) is 3. The van der Waals surface area contributed by atoms with Crippen molar-refractivity contribution in [3.8, 4) is 0 Å². The number of benzene rings is 2. The van der Waals surface area contributed by atoms with E-state index < -0.39 is 27.3 Å². The first-order valence-corrected chi connectivity index (χ1v) is 10.5. The van der Waals surface area contributed by atoms with E-state index in [2.05, 4.69) is 20.9 Å². The molecule has 13 nitrogen and oxygen atoms in total. The normalized spacial score (nSPS) is 11.9. The zero-order valence-corrected chi connectivity index (χ0v) is 18.8. The molecule has 0 aliphatic heterocycles. The molecule has 0 fully saturated rings. The molecule has 0 bridgehead atoms. The number of nitrogens with zero attached hydrogens (tertiary/aromatic N) is 4. The Morgan fingerprint density at radius 3 is 2.47 bits per heavy atom. The number of rotatable bonds is 13. The minimum atomic E-state index is -0.791. The highest BCUT2D eigenvalue weighted by Gasteiger charge is 2.19. The topological polar surface area (TPSA) is 182 Å². The molecule has 2 aromatic carbocycles. The van der Waals surface area contributed by atoms with E-state index in [1.165, 1.54) is 13.0 Å². The lowest BCUT2D eigenvalue weighted by Crippen LogP contribution is -2.25. The average Bonchev–Trinajstić information content (AvgIpc) is 2.79. The maximum absolute atomic E-state index is 11.6. The van der Waals surface area contributed by atoms with E-state index in [1.54, 1.807) is 12.1 Å². The van der Waals surface area contributed by atoms with Crippen molar-refractivity contribution in [3.63, 3.8) is 0 Å². The van der Waals surface area contributed by atoms with Crippen LogP contribution < -0.4 is 10.6 Å². The molecule has 1 amide bonds. The van der Waals surface area contributed by atoms with Gasteiger partial charge in [-0.3, -0.25) is 25.0 Å². The summed E-state index contributed by atoms with van der Waals surface area (Å²) in [6.45, 7) is 4.32. The van der Waals surface area contributed by atoms with E-state index in [-0.39, 0.29) is 36.1 Å². The van der Waals surface area contributed by atoms with Gasteiger partial charge in [-0.1, -0.05) is 13.3 Å². The number of nitro benzene ring substituents is 2. The first-order chi connectivity index (χ1) is 16.2. The fourth-order valence-electron chi connectivity index (χ4n) is 2.75. The van der Waals surface area contributed by atoms with Gasteiger partial charge in [0.1, 0.15) is 5.69 Å². The first-order valence-electron chi connectivity index (χ1n) is 10.5. The van der Waals surface area contributed by atoms with E-state index in [4.69, 9.17) is 4.74 Å². The summed E-state index contributed by atoms with van der Waals surface area (Å²) in [7, 11) is 0. The summed E-state index contributed by atoms with van der Waals surface area (Å²) in [5.41, 5.74) is -0.142. The molecule has 182 valence electrons. The third-order valence-electron chi connectivity index (χ3n) is 4.43. The number of nitrogens with one attached hydrogen (secondary N) is 2. The lowest BCUT2D eigenvalue weighted by Gasteiger charge is -2.14. The molecule has 0 aromatic heterocycles. The minimum absolute atomic E-state index is 0.183. The number of azo groups is 1. The molecule has 0 radical (unpaired) electrons. The number of non-ortho nitro benzene ring substituents is 1. The van der Waals surface area contributed by atoms with Crippen LogP contribution in [0.5, 0.6) is 0 Å². The summed E-state index contributed by atoms with van der Waals surface area (Å²) in [6, 6.07) is 7.74. The highest BCUT2D eigenvalue weighted by atomic mass is 16.6. The number of carbonyl (C=O) groups excluding carboxylic acids is 1. The predicted molar refractivity (Wildman–Crippen MR) is 125 cm³/mol. The van der Waals surface area contributed by atoms with Crippen molar-refractivity contribution in [2.45, 2.75) is 32.8 Å². The second kappa shape index (κ2) is 12.9. The number of aliphatic hydroxyl groups is 1. The lowest BCUT2D eigenvalue weighted by molar-refractivity contribution is -0.393. The van der Waals surface area contributed by atoms with E-state index >= 15 is 0 Å². The molecule has 13 heteroatoms. The van der Waals surface area contributed by atoms with Gasteiger partial charge in [-0.25, -0.2) is 0 Å². The molecule has 2 aromatic rings. The molecule has 0 aliphatic rings. The van der Waals surface area contributed by atoms with E-state index in [1.807, 2.05) is 6.92 Å². The summed E-state index contributed by atoms with van der Waals surface area (Å²) in [4.78, 5) is 32.2. The van der Waals surface area contributed by atoms with Crippen molar-refractivity contribution in [2.75, 3.05) is 30.4 Å². The largest absolute Gasteiger partial charge is 0.389 e. The van der Waals surface area contributed by atoms with Crippen LogP contribution in [0.4, 0.5) is 34.1 Å². The molecule has 3 N–H and O–H groups in total. The van der Waals surface area contributed by atoms with Gasteiger partial charge >= 0.3 is 5.69 Å². The maximum Gasteiger partial charge on any atom is 0.303 e. The first kappa shape index (κ1) is 26.3. The van der Waals surface area contributed by atoms with E-state index in [0.717, 1.165) is 31.0 Å². The molecule has 0 saturated heterocycles. The second-order valence-corrected chi connectivity index (χ2v) is 7.26. The van der Waals surface area contributed by atoms with Crippen LogP contribution in [0.3, 0.4) is 0 Å². The number of aliphatic hydroxyl groups excluding tert-OH is 1. The summed E-state index contributed by atoms with van der Waals surface area (Å²) in [6.07, 6.45) is 1.18. The average molecular weight is 474 g/mol. The molecule has 1 atom stereocenters. The zero-order chi connectivity index (χ0) is 25.1. The Balaban J connectivity index is 2.19. The van der Waals surface area contributed by atoms with Crippen LogP contribution in [-0.4, -0.2) is 46.7 Å². The zero-order valence-electron chi connectivity index (χ0n) is 18.8.